The van der Waals surface area contributed by atoms with Crippen LogP contribution < -0.4 is 4.74 Å². The van der Waals surface area contributed by atoms with Gasteiger partial charge in [0.25, 0.3) is 0 Å². The first kappa shape index (κ1) is 29.9. The maximum atomic E-state index is 12.4. The Bertz CT molecular complexity index is 1500. The highest BCUT2D eigenvalue weighted by molar-refractivity contribution is 6.30. The maximum absolute atomic E-state index is 12.4. The second-order valence-electron chi connectivity index (χ2n) is 9.94. The summed E-state index contributed by atoms with van der Waals surface area (Å²) in [6.07, 6.45) is -2.68. The number of rotatable bonds is 7. The lowest BCUT2D eigenvalue weighted by Crippen LogP contribution is -2.12. The molecule has 41 heavy (non-hydrogen) atoms. The highest BCUT2D eigenvalue weighted by Crippen LogP contribution is 2.32. The minimum Gasteiger partial charge on any atom is -0.489 e. The molecule has 1 N–H and O–H groups in total. The number of hydrogen-bond donors (Lipinski definition) is 1. The van der Waals surface area contributed by atoms with Crippen molar-refractivity contribution in [2.45, 2.75) is 39.0 Å². The fourth-order valence-electron chi connectivity index (χ4n) is 4.56. The number of halogens is 4. The van der Waals surface area contributed by atoms with E-state index in [0.29, 0.717) is 30.6 Å². The van der Waals surface area contributed by atoms with E-state index in [0.717, 1.165) is 45.0 Å². The third-order valence-electron chi connectivity index (χ3n) is 6.73. The molecule has 212 valence electrons. The molecule has 0 aromatic heterocycles. The molecule has 4 nitrogen and oxygen atoms in total. The van der Waals surface area contributed by atoms with Crippen molar-refractivity contribution in [2.24, 2.45) is 5.92 Å². The molecule has 5 rings (SSSR count). The number of carboxylic acids is 1. The van der Waals surface area contributed by atoms with E-state index < -0.39 is 17.7 Å². The normalized spacial score (nSPS) is 14.0. The average molecular weight is 581 g/mol. The van der Waals surface area contributed by atoms with Crippen LogP contribution in [0.5, 0.6) is 5.75 Å². The molecule has 0 spiro atoms. The van der Waals surface area contributed by atoms with Gasteiger partial charge in [-0.05, 0) is 89.5 Å². The van der Waals surface area contributed by atoms with Crippen LogP contribution in [0.2, 0.25) is 5.02 Å². The molecule has 8 heteroatoms. The highest BCUT2D eigenvalue weighted by Gasteiger charge is 2.30. The van der Waals surface area contributed by atoms with Gasteiger partial charge in [-0.15, -0.1) is 0 Å². The van der Waals surface area contributed by atoms with Crippen LogP contribution in [0.1, 0.15) is 34.7 Å². The minimum atomic E-state index is -4.33. The minimum absolute atomic E-state index is 0.0819. The van der Waals surface area contributed by atoms with Crippen LogP contribution in [-0.4, -0.2) is 16.9 Å². The summed E-state index contributed by atoms with van der Waals surface area (Å²) >= 11 is 5.88. The smallest absolute Gasteiger partial charge is 0.416 e. The van der Waals surface area contributed by atoms with Gasteiger partial charge in [0.1, 0.15) is 18.1 Å². The maximum Gasteiger partial charge on any atom is 0.416 e. The van der Waals surface area contributed by atoms with E-state index in [1.54, 1.807) is 24.3 Å². The van der Waals surface area contributed by atoms with E-state index in [-0.39, 0.29) is 18.3 Å². The van der Waals surface area contributed by atoms with Crippen molar-refractivity contribution in [1.29, 1.82) is 0 Å². The molecule has 1 atom stereocenters. The van der Waals surface area contributed by atoms with Gasteiger partial charge in [0.2, 0.25) is 0 Å². The van der Waals surface area contributed by atoms with Gasteiger partial charge in [-0.3, -0.25) is 9.59 Å². The lowest BCUT2D eigenvalue weighted by Gasteiger charge is -2.09. The van der Waals surface area contributed by atoms with Crippen LogP contribution in [0.15, 0.2) is 91.0 Å². The van der Waals surface area contributed by atoms with Gasteiger partial charge in [0.05, 0.1) is 11.5 Å². The van der Waals surface area contributed by atoms with Gasteiger partial charge < -0.3 is 9.84 Å². The average Bonchev–Trinajstić information content (AvgIpc) is 3.37. The molecule has 4 aromatic rings. The summed E-state index contributed by atoms with van der Waals surface area (Å²) in [5.74, 6) is -0.287. The van der Waals surface area contributed by atoms with Gasteiger partial charge in [-0.2, -0.15) is 13.2 Å². The Morgan fingerprint density at radius 3 is 2.00 bits per heavy atom. The number of hydrogen-bond acceptors (Lipinski definition) is 3. The molecule has 0 heterocycles. The van der Waals surface area contributed by atoms with E-state index in [4.69, 9.17) is 21.4 Å². The number of ether oxygens (including phenoxy) is 1. The number of fused-ring (bicyclic) bond motifs is 1. The van der Waals surface area contributed by atoms with Gasteiger partial charge in [-0.1, -0.05) is 66.2 Å². The molecule has 0 saturated carbocycles. The first-order chi connectivity index (χ1) is 19.5. The Morgan fingerprint density at radius 2 is 1.41 bits per heavy atom. The summed E-state index contributed by atoms with van der Waals surface area (Å²) in [7, 11) is 0. The number of Topliss-reactive ketones (excluding diaryl/α,β-unsaturated/α-hetero) is 1. The Balaban J connectivity index is 0.000000191. The number of carboxylic acid groups (broad SMARTS) is 1. The Morgan fingerprint density at radius 1 is 0.829 bits per heavy atom. The Labute approximate surface area is 241 Å². The lowest BCUT2D eigenvalue weighted by molar-refractivity contribution is -0.141. The van der Waals surface area contributed by atoms with Crippen molar-refractivity contribution in [2.75, 3.05) is 0 Å². The molecule has 0 radical (unpaired) electrons. The second kappa shape index (κ2) is 13.0. The standard InChI is InChI=1S/C17H15F3O2.C16H13ClO2/c1-12(21)10-13-4-8-16(9-5-13)22-11-14-2-6-15(7-3-14)17(18,19)20;17-15-5-3-10(4-6-15)11-1-2-12-8-14(16(18)19)9-13(12)7-11/h2-9H,10-11H2,1H3;1-7,14H,8-9H2,(H,18,19). The molecule has 1 aliphatic carbocycles. The summed E-state index contributed by atoms with van der Waals surface area (Å²) in [5.41, 5.74) is 5.40. The van der Waals surface area contributed by atoms with E-state index in [2.05, 4.69) is 6.07 Å². The number of ketones is 1. The first-order valence-electron chi connectivity index (χ1n) is 13.0. The molecule has 1 aliphatic rings. The molecule has 0 saturated heterocycles. The summed E-state index contributed by atoms with van der Waals surface area (Å²) in [5, 5.41) is 9.81. The first-order valence-corrected chi connectivity index (χ1v) is 13.3. The van der Waals surface area contributed by atoms with Crippen LogP contribution in [-0.2, 0) is 41.6 Å². The number of aliphatic carboxylic acids is 1. The van der Waals surface area contributed by atoms with Crippen molar-refractivity contribution in [3.63, 3.8) is 0 Å². The third kappa shape index (κ3) is 8.44. The van der Waals surface area contributed by atoms with Crippen LogP contribution in [0.4, 0.5) is 13.2 Å². The molecule has 0 bridgehead atoms. The predicted molar refractivity (Wildman–Crippen MR) is 152 cm³/mol. The Hall–Kier alpha value is -4.10. The molecule has 4 aromatic carbocycles. The van der Waals surface area contributed by atoms with Gasteiger partial charge >= 0.3 is 12.1 Å². The zero-order valence-electron chi connectivity index (χ0n) is 22.2. The molecule has 0 amide bonds. The van der Waals surface area contributed by atoms with Crippen molar-refractivity contribution >= 4 is 23.4 Å². The zero-order chi connectivity index (χ0) is 29.6. The van der Waals surface area contributed by atoms with Crippen molar-refractivity contribution in [1.82, 2.24) is 0 Å². The summed E-state index contributed by atoms with van der Waals surface area (Å²) in [4.78, 5) is 22.0. The molecule has 0 aliphatic heterocycles. The van der Waals surface area contributed by atoms with Gasteiger partial charge in [-0.25, -0.2) is 0 Å². The van der Waals surface area contributed by atoms with Gasteiger partial charge in [0.15, 0.2) is 0 Å². The van der Waals surface area contributed by atoms with Crippen LogP contribution >= 0.6 is 11.6 Å². The number of carbonyl (C=O) groups is 2. The van der Waals surface area contributed by atoms with E-state index in [9.17, 15) is 22.8 Å². The molecular weight excluding hydrogens is 553 g/mol. The van der Waals surface area contributed by atoms with Crippen molar-refractivity contribution < 1.29 is 32.6 Å². The topological polar surface area (TPSA) is 63.6 Å². The summed E-state index contributed by atoms with van der Waals surface area (Å²) < 4.78 is 42.8. The summed E-state index contributed by atoms with van der Waals surface area (Å²) in [6.45, 7) is 1.71. The third-order valence-corrected chi connectivity index (χ3v) is 6.98. The Kier molecular flexibility index (Phi) is 9.50. The van der Waals surface area contributed by atoms with Gasteiger partial charge in [0, 0.05) is 11.4 Å². The fourth-order valence-corrected chi connectivity index (χ4v) is 4.69. The SMILES string of the molecule is CC(=O)Cc1ccc(OCc2ccc(C(F)(F)F)cc2)cc1.O=C(O)C1Cc2ccc(-c3ccc(Cl)cc3)cc2C1. The zero-order valence-corrected chi connectivity index (χ0v) is 23.0. The molecule has 1 unspecified atom stereocenters. The largest absolute Gasteiger partial charge is 0.489 e. The summed E-state index contributed by atoms with van der Waals surface area (Å²) in [6, 6.07) is 25.8. The van der Waals surface area contributed by atoms with Crippen LogP contribution in [0.25, 0.3) is 11.1 Å². The second-order valence-corrected chi connectivity index (χ2v) is 10.4. The number of alkyl halides is 3. The fraction of sp³-hybridized carbons (Fsp3) is 0.212. The van der Waals surface area contributed by atoms with E-state index in [1.807, 2.05) is 36.4 Å². The van der Waals surface area contributed by atoms with Crippen molar-refractivity contribution in [3.8, 4) is 16.9 Å². The predicted octanol–water partition coefficient (Wildman–Crippen LogP) is 8.22. The van der Waals surface area contributed by atoms with Crippen molar-refractivity contribution in [3.05, 3.63) is 124 Å². The van der Waals surface area contributed by atoms with E-state index >= 15 is 0 Å². The quantitative estimate of drug-likeness (QED) is 0.239. The van der Waals surface area contributed by atoms with E-state index in [1.165, 1.54) is 19.1 Å². The number of benzene rings is 4. The van der Waals surface area contributed by atoms with Crippen LogP contribution in [0, 0.1) is 5.92 Å². The monoisotopic (exact) mass is 580 g/mol. The molecular formula is C33H28ClF3O4. The highest BCUT2D eigenvalue weighted by atomic mass is 35.5. The number of carbonyl (C=O) groups excluding carboxylic acids is 1. The van der Waals surface area contributed by atoms with Crippen LogP contribution in [0.3, 0.4) is 0 Å². The lowest BCUT2D eigenvalue weighted by atomic mass is 10.0. The molecule has 0 fully saturated rings.